The van der Waals surface area contributed by atoms with Crippen molar-refractivity contribution >= 4 is 17.6 Å². The van der Waals surface area contributed by atoms with Crippen LogP contribution in [0.15, 0.2) is 12.3 Å². The lowest BCUT2D eigenvalue weighted by Crippen LogP contribution is -2.05. The van der Waals surface area contributed by atoms with Crippen LogP contribution in [0.25, 0.3) is 0 Å². The summed E-state index contributed by atoms with van der Waals surface area (Å²) in [5, 5.41) is 0.554. The Labute approximate surface area is 81.7 Å². The predicted octanol–water partition coefficient (Wildman–Crippen LogP) is 1.76. The lowest BCUT2D eigenvalue weighted by atomic mass is 10.2. The highest BCUT2D eigenvalue weighted by Gasteiger charge is 2.07. The highest BCUT2D eigenvalue weighted by molar-refractivity contribution is 6.31. The zero-order valence-electron chi connectivity index (χ0n) is 7.50. The van der Waals surface area contributed by atoms with Gasteiger partial charge in [-0.15, -0.1) is 0 Å². The molecule has 70 valence electrons. The molecular weight excluding hydrogens is 190 g/mol. The molecule has 1 aromatic rings. The van der Waals surface area contributed by atoms with Gasteiger partial charge in [-0.3, -0.25) is 9.78 Å². The maximum Gasteiger partial charge on any atom is 0.310 e. The predicted molar refractivity (Wildman–Crippen MR) is 49.7 cm³/mol. The van der Waals surface area contributed by atoms with Gasteiger partial charge in [0.05, 0.1) is 13.5 Å². The lowest BCUT2D eigenvalue weighted by Gasteiger charge is -2.02. The molecule has 1 rings (SSSR count). The van der Waals surface area contributed by atoms with Crippen molar-refractivity contribution in [2.45, 2.75) is 13.3 Å². The molecule has 3 nitrogen and oxygen atoms in total. The largest absolute Gasteiger partial charge is 0.469 e. The molecule has 0 aliphatic heterocycles. The van der Waals surface area contributed by atoms with Gasteiger partial charge in [0.15, 0.2) is 0 Å². The first-order valence-corrected chi connectivity index (χ1v) is 4.19. The second kappa shape index (κ2) is 4.23. The summed E-state index contributed by atoms with van der Waals surface area (Å²) in [4.78, 5) is 14.9. The van der Waals surface area contributed by atoms with Gasteiger partial charge in [0.1, 0.15) is 0 Å². The van der Waals surface area contributed by atoms with Gasteiger partial charge in [0.2, 0.25) is 0 Å². The Hall–Kier alpha value is -1.09. The molecule has 1 aromatic heterocycles. The highest BCUT2D eigenvalue weighted by atomic mass is 35.5. The van der Waals surface area contributed by atoms with E-state index in [9.17, 15) is 4.79 Å². The van der Waals surface area contributed by atoms with E-state index in [-0.39, 0.29) is 12.4 Å². The summed E-state index contributed by atoms with van der Waals surface area (Å²) in [7, 11) is 1.35. The van der Waals surface area contributed by atoms with Crippen molar-refractivity contribution in [3.63, 3.8) is 0 Å². The van der Waals surface area contributed by atoms with Crippen molar-refractivity contribution in [2.24, 2.45) is 0 Å². The normalized spacial score (nSPS) is 9.77. The molecule has 0 fully saturated rings. The van der Waals surface area contributed by atoms with Crippen LogP contribution in [0.4, 0.5) is 0 Å². The number of aryl methyl sites for hydroxylation is 1. The van der Waals surface area contributed by atoms with Crippen LogP contribution in [-0.4, -0.2) is 18.1 Å². The highest BCUT2D eigenvalue weighted by Crippen LogP contribution is 2.16. The summed E-state index contributed by atoms with van der Waals surface area (Å²) in [6.45, 7) is 1.84. The lowest BCUT2D eigenvalue weighted by molar-refractivity contribution is -0.139. The van der Waals surface area contributed by atoms with E-state index in [1.165, 1.54) is 7.11 Å². The quantitative estimate of drug-likeness (QED) is 0.682. The third kappa shape index (κ3) is 2.70. The number of rotatable bonds is 2. The first-order chi connectivity index (χ1) is 6.13. The van der Waals surface area contributed by atoms with E-state index in [1.807, 2.05) is 6.92 Å². The van der Waals surface area contributed by atoms with Crippen molar-refractivity contribution in [1.29, 1.82) is 0 Å². The van der Waals surface area contributed by atoms with Crippen molar-refractivity contribution in [3.05, 3.63) is 28.5 Å². The number of carbonyl (C=O) groups is 1. The fraction of sp³-hybridized carbons (Fsp3) is 0.333. The Kier molecular flexibility index (Phi) is 3.25. The zero-order chi connectivity index (χ0) is 9.84. The summed E-state index contributed by atoms with van der Waals surface area (Å²) >= 11 is 5.88. The molecule has 4 heteroatoms. The summed E-state index contributed by atoms with van der Waals surface area (Å²) in [5.41, 5.74) is 1.53. The molecule has 0 saturated carbocycles. The number of esters is 1. The molecule has 0 unspecified atom stereocenters. The van der Waals surface area contributed by atoms with Gasteiger partial charge >= 0.3 is 5.97 Å². The zero-order valence-corrected chi connectivity index (χ0v) is 8.26. The molecule has 1 heterocycles. The van der Waals surface area contributed by atoms with E-state index in [0.717, 1.165) is 5.69 Å². The van der Waals surface area contributed by atoms with Gasteiger partial charge in [0, 0.05) is 22.5 Å². The van der Waals surface area contributed by atoms with E-state index in [1.54, 1.807) is 12.3 Å². The number of ether oxygens (including phenoxy) is 1. The second-order valence-electron chi connectivity index (χ2n) is 2.67. The average molecular weight is 200 g/mol. The number of carbonyl (C=O) groups excluding carboxylic acids is 1. The monoisotopic (exact) mass is 199 g/mol. The van der Waals surface area contributed by atoms with E-state index in [0.29, 0.717) is 10.6 Å². The minimum absolute atomic E-state index is 0.169. The van der Waals surface area contributed by atoms with Crippen LogP contribution in [0, 0.1) is 6.92 Å². The van der Waals surface area contributed by atoms with Crippen LogP contribution < -0.4 is 0 Å². The van der Waals surface area contributed by atoms with Gasteiger partial charge in [-0.2, -0.15) is 0 Å². The number of pyridine rings is 1. The maximum atomic E-state index is 10.9. The molecule has 13 heavy (non-hydrogen) atoms. The van der Waals surface area contributed by atoms with Crippen LogP contribution in [-0.2, 0) is 16.0 Å². The molecule has 0 N–H and O–H groups in total. The van der Waals surface area contributed by atoms with Crippen LogP contribution >= 0.6 is 11.6 Å². The molecule has 0 aliphatic carbocycles. The average Bonchev–Trinajstić information content (AvgIpc) is 2.09. The van der Waals surface area contributed by atoms with E-state index in [4.69, 9.17) is 11.6 Å². The number of aromatic nitrogens is 1. The molecule has 0 atom stereocenters. The maximum absolute atomic E-state index is 10.9. The molecular formula is C9H10ClNO2. The topological polar surface area (TPSA) is 39.2 Å². The molecule has 0 bridgehead atoms. The first kappa shape index (κ1) is 9.99. The Morgan fingerprint density at radius 3 is 2.92 bits per heavy atom. The molecule has 0 spiro atoms. The number of halogens is 1. The number of nitrogens with zero attached hydrogens (tertiary/aromatic N) is 1. The minimum Gasteiger partial charge on any atom is -0.469 e. The van der Waals surface area contributed by atoms with Gasteiger partial charge < -0.3 is 4.74 Å². The third-order valence-electron chi connectivity index (χ3n) is 1.63. The van der Waals surface area contributed by atoms with Gasteiger partial charge in [0.25, 0.3) is 0 Å². The Morgan fingerprint density at radius 1 is 1.69 bits per heavy atom. The first-order valence-electron chi connectivity index (χ1n) is 3.81. The molecule has 0 amide bonds. The van der Waals surface area contributed by atoms with E-state index < -0.39 is 0 Å². The van der Waals surface area contributed by atoms with Crippen molar-refractivity contribution in [1.82, 2.24) is 4.98 Å². The van der Waals surface area contributed by atoms with Gasteiger partial charge in [-0.05, 0) is 13.0 Å². The fourth-order valence-corrected chi connectivity index (χ4v) is 1.19. The third-order valence-corrected chi connectivity index (χ3v) is 1.98. The summed E-state index contributed by atoms with van der Waals surface area (Å²) in [6.07, 6.45) is 1.76. The van der Waals surface area contributed by atoms with Crippen molar-refractivity contribution in [3.8, 4) is 0 Å². The van der Waals surface area contributed by atoms with Crippen molar-refractivity contribution < 1.29 is 9.53 Å². The Balaban J connectivity index is 2.83. The van der Waals surface area contributed by atoms with Crippen LogP contribution in [0.2, 0.25) is 5.02 Å². The van der Waals surface area contributed by atoms with E-state index in [2.05, 4.69) is 9.72 Å². The van der Waals surface area contributed by atoms with Crippen LogP contribution in [0.5, 0.6) is 0 Å². The summed E-state index contributed by atoms with van der Waals surface area (Å²) in [5.74, 6) is -0.312. The van der Waals surface area contributed by atoms with Crippen LogP contribution in [0.1, 0.15) is 11.3 Å². The summed E-state index contributed by atoms with van der Waals surface area (Å²) in [6, 6.07) is 1.72. The van der Waals surface area contributed by atoms with Crippen molar-refractivity contribution in [2.75, 3.05) is 7.11 Å². The minimum atomic E-state index is -0.312. The Morgan fingerprint density at radius 2 is 2.38 bits per heavy atom. The number of hydrogen-bond donors (Lipinski definition) is 0. The van der Waals surface area contributed by atoms with E-state index >= 15 is 0 Å². The van der Waals surface area contributed by atoms with Gasteiger partial charge in [-0.1, -0.05) is 11.6 Å². The Bertz CT molecular complexity index is 325. The molecule has 0 aromatic carbocycles. The smallest absolute Gasteiger partial charge is 0.310 e. The van der Waals surface area contributed by atoms with Gasteiger partial charge in [-0.25, -0.2) is 0 Å². The fourth-order valence-electron chi connectivity index (χ4n) is 0.913. The number of hydrogen-bond acceptors (Lipinski definition) is 3. The molecule has 0 aliphatic rings. The standard InChI is InChI=1S/C9H10ClNO2/c1-6-3-8(10)7(5-11-6)4-9(12)13-2/h3,5H,4H2,1-2H3. The SMILES string of the molecule is COC(=O)Cc1cnc(C)cc1Cl. The molecule has 0 radical (unpaired) electrons. The summed E-state index contributed by atoms with van der Waals surface area (Å²) < 4.78 is 4.51. The second-order valence-corrected chi connectivity index (χ2v) is 3.08. The number of methoxy groups -OCH3 is 1. The van der Waals surface area contributed by atoms with Crippen LogP contribution in [0.3, 0.4) is 0 Å². The molecule has 0 saturated heterocycles.